The SMILES string of the molecule is CCOC(=O)c1nnn(Cc2ccc(OC)cc2)c1OC1CCC(c2ccc(N3CCCCC3=O)cc2)CC1. The minimum atomic E-state index is -0.533. The van der Waals surface area contributed by atoms with Crippen LogP contribution in [0.2, 0.25) is 0 Å². The van der Waals surface area contributed by atoms with Crippen LogP contribution >= 0.6 is 0 Å². The summed E-state index contributed by atoms with van der Waals surface area (Å²) in [5, 5.41) is 8.32. The molecule has 1 saturated carbocycles. The molecule has 1 saturated heterocycles. The number of ether oxygens (including phenoxy) is 3. The van der Waals surface area contributed by atoms with Crippen molar-refractivity contribution in [3.05, 3.63) is 65.4 Å². The van der Waals surface area contributed by atoms with Crippen LogP contribution in [0.1, 0.15) is 79.4 Å². The Morgan fingerprint density at radius 3 is 2.41 bits per heavy atom. The van der Waals surface area contributed by atoms with Crippen molar-refractivity contribution in [3.8, 4) is 11.6 Å². The molecule has 2 aromatic carbocycles. The quantitative estimate of drug-likeness (QED) is 0.352. The van der Waals surface area contributed by atoms with E-state index in [1.165, 1.54) is 5.56 Å². The van der Waals surface area contributed by atoms with Crippen molar-refractivity contribution in [3.63, 3.8) is 0 Å². The van der Waals surface area contributed by atoms with Gasteiger partial charge in [-0.15, -0.1) is 5.10 Å². The van der Waals surface area contributed by atoms with Crippen molar-refractivity contribution >= 4 is 17.6 Å². The number of benzene rings is 2. The molecule has 1 aliphatic carbocycles. The number of anilines is 1. The van der Waals surface area contributed by atoms with E-state index < -0.39 is 5.97 Å². The van der Waals surface area contributed by atoms with E-state index in [4.69, 9.17) is 14.2 Å². The fraction of sp³-hybridized carbons (Fsp3) is 0.467. The normalized spacial score (nSPS) is 19.5. The molecular formula is C30H36N4O5. The maximum Gasteiger partial charge on any atom is 0.364 e. The van der Waals surface area contributed by atoms with E-state index in [1.807, 2.05) is 29.2 Å². The van der Waals surface area contributed by atoms with Crippen molar-refractivity contribution in [1.29, 1.82) is 0 Å². The molecule has 1 aliphatic heterocycles. The van der Waals surface area contributed by atoms with Crippen LogP contribution < -0.4 is 14.4 Å². The Morgan fingerprint density at radius 2 is 1.74 bits per heavy atom. The summed E-state index contributed by atoms with van der Waals surface area (Å²) in [7, 11) is 1.63. The summed E-state index contributed by atoms with van der Waals surface area (Å²) in [6, 6.07) is 16.2. The van der Waals surface area contributed by atoms with Crippen LogP contribution in [0.3, 0.4) is 0 Å². The summed E-state index contributed by atoms with van der Waals surface area (Å²) in [6.07, 6.45) is 6.29. The van der Waals surface area contributed by atoms with Gasteiger partial charge in [-0.2, -0.15) is 0 Å². The molecule has 0 atom stereocenters. The van der Waals surface area contributed by atoms with E-state index in [1.54, 1.807) is 18.7 Å². The molecule has 9 heteroatoms. The Hall–Kier alpha value is -3.88. The lowest BCUT2D eigenvalue weighted by molar-refractivity contribution is -0.119. The predicted octanol–water partition coefficient (Wildman–Crippen LogP) is 5.13. The van der Waals surface area contributed by atoms with Crippen LogP contribution in [0.5, 0.6) is 11.6 Å². The Kier molecular flexibility index (Phi) is 8.44. The molecule has 0 N–H and O–H groups in total. The molecule has 206 valence electrons. The van der Waals surface area contributed by atoms with Crippen LogP contribution in [0.4, 0.5) is 5.69 Å². The maximum atomic E-state index is 12.6. The summed E-state index contributed by atoms with van der Waals surface area (Å²) in [5.41, 5.74) is 3.37. The van der Waals surface area contributed by atoms with Gasteiger partial charge in [0.15, 0.2) is 0 Å². The minimum Gasteiger partial charge on any atom is -0.497 e. The first-order valence-corrected chi connectivity index (χ1v) is 13.9. The monoisotopic (exact) mass is 532 g/mol. The van der Waals surface area contributed by atoms with Gasteiger partial charge in [-0.3, -0.25) is 4.79 Å². The van der Waals surface area contributed by atoms with Crippen molar-refractivity contribution in [2.45, 2.75) is 70.4 Å². The largest absolute Gasteiger partial charge is 0.497 e. The van der Waals surface area contributed by atoms with Gasteiger partial charge in [-0.05, 0) is 86.8 Å². The molecule has 5 rings (SSSR count). The molecule has 0 radical (unpaired) electrons. The molecule has 1 amide bonds. The molecule has 2 aliphatic rings. The number of carbonyl (C=O) groups excluding carboxylic acids is 2. The van der Waals surface area contributed by atoms with E-state index in [2.05, 4.69) is 34.6 Å². The number of nitrogens with zero attached hydrogens (tertiary/aromatic N) is 4. The average Bonchev–Trinajstić information content (AvgIpc) is 3.36. The van der Waals surface area contributed by atoms with E-state index in [9.17, 15) is 9.59 Å². The fourth-order valence-electron chi connectivity index (χ4n) is 5.43. The highest BCUT2D eigenvalue weighted by atomic mass is 16.5. The van der Waals surface area contributed by atoms with E-state index in [0.717, 1.165) is 62.1 Å². The first-order chi connectivity index (χ1) is 19.1. The third kappa shape index (κ3) is 6.24. The zero-order valence-corrected chi connectivity index (χ0v) is 22.7. The molecule has 9 nitrogen and oxygen atoms in total. The third-order valence-electron chi connectivity index (χ3n) is 7.60. The number of methoxy groups -OCH3 is 1. The number of piperidine rings is 1. The summed E-state index contributed by atoms with van der Waals surface area (Å²) < 4.78 is 18.5. The van der Waals surface area contributed by atoms with Gasteiger partial charge >= 0.3 is 5.97 Å². The first kappa shape index (κ1) is 26.7. The topological polar surface area (TPSA) is 95.8 Å². The summed E-state index contributed by atoms with van der Waals surface area (Å²) in [4.78, 5) is 26.8. The molecule has 2 heterocycles. The second kappa shape index (κ2) is 12.3. The van der Waals surface area contributed by atoms with Crippen molar-refractivity contribution < 1.29 is 23.8 Å². The number of amides is 1. The molecule has 3 aromatic rings. The van der Waals surface area contributed by atoms with Crippen LogP contribution in [-0.4, -0.2) is 53.2 Å². The molecule has 0 spiro atoms. The van der Waals surface area contributed by atoms with Crippen molar-refractivity contribution in [2.75, 3.05) is 25.2 Å². The highest BCUT2D eigenvalue weighted by Gasteiger charge is 2.29. The predicted molar refractivity (Wildman–Crippen MR) is 146 cm³/mol. The molecule has 0 unspecified atom stereocenters. The summed E-state index contributed by atoms with van der Waals surface area (Å²) in [6.45, 7) is 3.23. The number of carbonyl (C=O) groups is 2. The van der Waals surface area contributed by atoms with E-state index in [0.29, 0.717) is 24.8 Å². The van der Waals surface area contributed by atoms with Crippen LogP contribution in [0.15, 0.2) is 48.5 Å². The van der Waals surface area contributed by atoms with Gasteiger partial charge in [0.1, 0.15) is 11.9 Å². The van der Waals surface area contributed by atoms with Gasteiger partial charge in [-0.25, -0.2) is 9.48 Å². The number of esters is 1. The summed E-state index contributed by atoms with van der Waals surface area (Å²) >= 11 is 0. The Bertz CT molecular complexity index is 1260. The smallest absolute Gasteiger partial charge is 0.364 e. The van der Waals surface area contributed by atoms with Gasteiger partial charge in [0, 0.05) is 18.7 Å². The van der Waals surface area contributed by atoms with Crippen LogP contribution in [-0.2, 0) is 16.1 Å². The summed E-state index contributed by atoms with van der Waals surface area (Å²) in [5.74, 6) is 1.24. The molecular weight excluding hydrogens is 496 g/mol. The van der Waals surface area contributed by atoms with E-state index >= 15 is 0 Å². The highest BCUT2D eigenvalue weighted by Crippen LogP contribution is 2.36. The molecule has 39 heavy (non-hydrogen) atoms. The third-order valence-corrected chi connectivity index (χ3v) is 7.60. The second-order valence-corrected chi connectivity index (χ2v) is 10.2. The number of rotatable bonds is 9. The lowest BCUT2D eigenvalue weighted by atomic mass is 9.82. The Balaban J connectivity index is 1.24. The van der Waals surface area contributed by atoms with Gasteiger partial charge in [0.05, 0.1) is 20.3 Å². The standard InChI is InChI=1S/C30H36N4O5/c1-3-38-30(36)28-29(34(32-31-28)20-21-7-15-25(37-2)16-8-21)39-26-17-11-23(12-18-26)22-9-13-24(14-10-22)33-19-5-4-6-27(33)35/h7-10,13-16,23,26H,3-6,11-12,17-20H2,1-2H3. The Morgan fingerprint density at radius 1 is 1.00 bits per heavy atom. The van der Waals surface area contributed by atoms with Gasteiger partial charge < -0.3 is 19.1 Å². The molecule has 0 bridgehead atoms. The Labute approximate surface area is 229 Å². The molecule has 1 aromatic heterocycles. The van der Waals surface area contributed by atoms with Crippen LogP contribution in [0, 0.1) is 0 Å². The van der Waals surface area contributed by atoms with Crippen LogP contribution in [0.25, 0.3) is 0 Å². The zero-order chi connectivity index (χ0) is 27.2. The fourth-order valence-corrected chi connectivity index (χ4v) is 5.43. The number of aromatic nitrogens is 3. The zero-order valence-electron chi connectivity index (χ0n) is 22.7. The van der Waals surface area contributed by atoms with Crippen molar-refractivity contribution in [2.24, 2.45) is 0 Å². The lowest BCUT2D eigenvalue weighted by Gasteiger charge is -2.30. The van der Waals surface area contributed by atoms with Gasteiger partial charge in [-0.1, -0.05) is 29.5 Å². The lowest BCUT2D eigenvalue weighted by Crippen LogP contribution is -2.35. The first-order valence-electron chi connectivity index (χ1n) is 13.9. The highest BCUT2D eigenvalue weighted by molar-refractivity contribution is 5.94. The maximum absolute atomic E-state index is 12.6. The van der Waals surface area contributed by atoms with E-state index in [-0.39, 0.29) is 24.3 Å². The minimum absolute atomic E-state index is 0.0483. The second-order valence-electron chi connectivity index (χ2n) is 10.2. The van der Waals surface area contributed by atoms with Gasteiger partial charge in [0.25, 0.3) is 0 Å². The van der Waals surface area contributed by atoms with Gasteiger partial charge in [0.2, 0.25) is 17.5 Å². The van der Waals surface area contributed by atoms with Crippen molar-refractivity contribution in [1.82, 2.24) is 15.0 Å². The average molecular weight is 533 g/mol. The number of hydrogen-bond acceptors (Lipinski definition) is 7. The molecule has 2 fully saturated rings. The number of hydrogen-bond donors (Lipinski definition) is 0.